The van der Waals surface area contributed by atoms with Crippen molar-refractivity contribution in [2.75, 3.05) is 19.5 Å². The van der Waals surface area contributed by atoms with Crippen molar-refractivity contribution in [1.29, 1.82) is 0 Å². The fourth-order valence-corrected chi connectivity index (χ4v) is 3.73. The van der Waals surface area contributed by atoms with Crippen LogP contribution in [0.25, 0.3) is 0 Å². The predicted molar refractivity (Wildman–Crippen MR) is 72.9 cm³/mol. The van der Waals surface area contributed by atoms with E-state index in [0.29, 0.717) is 16.7 Å². The van der Waals surface area contributed by atoms with E-state index in [-0.39, 0.29) is 0 Å². The van der Waals surface area contributed by atoms with Crippen molar-refractivity contribution < 1.29 is 4.74 Å². The third kappa shape index (κ3) is 4.27. The van der Waals surface area contributed by atoms with Gasteiger partial charge in [0.2, 0.25) is 0 Å². The summed E-state index contributed by atoms with van der Waals surface area (Å²) in [6.07, 6.45) is 3.76. The molecule has 1 rings (SSSR count). The van der Waals surface area contributed by atoms with Gasteiger partial charge in [0, 0.05) is 24.2 Å². The number of nitrogens with two attached hydrogens (primary N) is 1. The zero-order valence-electron chi connectivity index (χ0n) is 11.2. The second kappa shape index (κ2) is 6.27. The highest BCUT2D eigenvalue weighted by molar-refractivity contribution is 7.99. The third-order valence-electron chi connectivity index (χ3n) is 3.69. The highest BCUT2D eigenvalue weighted by atomic mass is 32.2. The Labute approximate surface area is 105 Å². The van der Waals surface area contributed by atoms with Crippen LogP contribution in [0.15, 0.2) is 0 Å². The fourth-order valence-electron chi connectivity index (χ4n) is 2.41. The molecular weight excluding hydrogens is 218 g/mol. The number of methoxy groups -OCH3 is 1. The Hall–Kier alpha value is 0.270. The minimum Gasteiger partial charge on any atom is -0.384 e. The van der Waals surface area contributed by atoms with E-state index in [0.717, 1.165) is 18.3 Å². The van der Waals surface area contributed by atoms with Crippen LogP contribution in [0.1, 0.15) is 40.0 Å². The van der Waals surface area contributed by atoms with Crippen LogP contribution in [0.3, 0.4) is 0 Å². The van der Waals surface area contributed by atoms with E-state index in [1.54, 1.807) is 7.11 Å². The SMILES string of the molecule is COCCSC1CC(C(C)(C)C)CCC1N. The molecule has 3 heteroatoms. The van der Waals surface area contributed by atoms with Gasteiger partial charge < -0.3 is 10.5 Å². The maximum Gasteiger partial charge on any atom is 0.0553 e. The molecule has 0 radical (unpaired) electrons. The Bertz CT molecular complexity index is 203. The van der Waals surface area contributed by atoms with Gasteiger partial charge in [-0.1, -0.05) is 20.8 Å². The molecule has 0 heterocycles. The summed E-state index contributed by atoms with van der Waals surface area (Å²) >= 11 is 2.00. The quantitative estimate of drug-likeness (QED) is 0.774. The zero-order valence-corrected chi connectivity index (χ0v) is 12.0. The summed E-state index contributed by atoms with van der Waals surface area (Å²) in [6.45, 7) is 7.90. The largest absolute Gasteiger partial charge is 0.384 e. The summed E-state index contributed by atoms with van der Waals surface area (Å²) in [6, 6.07) is 0.389. The smallest absolute Gasteiger partial charge is 0.0553 e. The molecule has 0 amide bonds. The monoisotopic (exact) mass is 245 g/mol. The average Bonchev–Trinajstić information content (AvgIpc) is 2.19. The first-order valence-electron chi connectivity index (χ1n) is 6.31. The molecule has 1 saturated carbocycles. The normalized spacial score (nSPS) is 31.7. The zero-order chi connectivity index (χ0) is 12.2. The van der Waals surface area contributed by atoms with Crippen molar-refractivity contribution in [3.63, 3.8) is 0 Å². The molecule has 0 aliphatic heterocycles. The summed E-state index contributed by atoms with van der Waals surface area (Å²) < 4.78 is 5.10. The molecule has 1 fully saturated rings. The average molecular weight is 245 g/mol. The second-order valence-corrected chi connectivity index (χ2v) is 7.29. The van der Waals surface area contributed by atoms with Crippen molar-refractivity contribution in [1.82, 2.24) is 0 Å². The van der Waals surface area contributed by atoms with Crippen molar-refractivity contribution in [3.05, 3.63) is 0 Å². The van der Waals surface area contributed by atoms with Crippen molar-refractivity contribution in [3.8, 4) is 0 Å². The van der Waals surface area contributed by atoms with Gasteiger partial charge in [-0.2, -0.15) is 11.8 Å². The first kappa shape index (κ1) is 14.3. The number of hydrogen-bond acceptors (Lipinski definition) is 3. The van der Waals surface area contributed by atoms with Crippen molar-refractivity contribution in [2.24, 2.45) is 17.1 Å². The Morgan fingerprint density at radius 3 is 2.56 bits per heavy atom. The minimum atomic E-state index is 0.389. The van der Waals surface area contributed by atoms with E-state index in [1.165, 1.54) is 19.3 Å². The van der Waals surface area contributed by atoms with E-state index in [1.807, 2.05) is 11.8 Å². The van der Waals surface area contributed by atoms with Gasteiger partial charge in [0.1, 0.15) is 0 Å². The van der Waals surface area contributed by atoms with Gasteiger partial charge >= 0.3 is 0 Å². The Morgan fingerprint density at radius 1 is 1.31 bits per heavy atom. The molecule has 16 heavy (non-hydrogen) atoms. The van der Waals surface area contributed by atoms with Crippen molar-refractivity contribution in [2.45, 2.75) is 51.3 Å². The lowest BCUT2D eigenvalue weighted by Crippen LogP contribution is -2.41. The first-order valence-corrected chi connectivity index (χ1v) is 7.36. The van der Waals surface area contributed by atoms with E-state index >= 15 is 0 Å². The van der Waals surface area contributed by atoms with Gasteiger partial charge in [-0.15, -0.1) is 0 Å². The van der Waals surface area contributed by atoms with Crippen LogP contribution >= 0.6 is 11.8 Å². The molecule has 0 aromatic heterocycles. The molecule has 96 valence electrons. The molecule has 3 unspecified atom stereocenters. The van der Waals surface area contributed by atoms with E-state index in [9.17, 15) is 0 Å². The lowest BCUT2D eigenvalue weighted by Gasteiger charge is -2.40. The maximum atomic E-state index is 6.21. The molecule has 0 aromatic rings. The third-order valence-corrected chi connectivity index (χ3v) is 5.06. The Morgan fingerprint density at radius 2 is 2.00 bits per heavy atom. The number of hydrogen-bond donors (Lipinski definition) is 1. The maximum absolute atomic E-state index is 6.21. The van der Waals surface area contributed by atoms with Crippen LogP contribution in [-0.4, -0.2) is 30.8 Å². The van der Waals surface area contributed by atoms with Crippen LogP contribution in [-0.2, 0) is 4.74 Å². The molecule has 0 bridgehead atoms. The molecular formula is C13H27NOS. The highest BCUT2D eigenvalue weighted by Gasteiger charge is 2.34. The highest BCUT2D eigenvalue weighted by Crippen LogP contribution is 2.40. The molecule has 2 nitrogen and oxygen atoms in total. The summed E-state index contributed by atoms with van der Waals surface area (Å²) in [5.41, 5.74) is 6.64. The minimum absolute atomic E-state index is 0.389. The molecule has 0 spiro atoms. The number of ether oxygens (including phenoxy) is 1. The standard InChI is InChI=1S/C13H27NOS/c1-13(2,3)10-5-6-11(14)12(9-10)16-8-7-15-4/h10-12H,5-9,14H2,1-4H3. The molecule has 0 saturated heterocycles. The molecule has 0 aromatic carbocycles. The summed E-state index contributed by atoms with van der Waals surface area (Å²) in [5.74, 6) is 1.90. The van der Waals surface area contributed by atoms with Crippen LogP contribution < -0.4 is 5.73 Å². The first-order chi connectivity index (χ1) is 7.45. The van der Waals surface area contributed by atoms with E-state index in [2.05, 4.69) is 20.8 Å². The number of rotatable bonds is 4. The topological polar surface area (TPSA) is 35.2 Å². The van der Waals surface area contributed by atoms with Crippen LogP contribution in [0.5, 0.6) is 0 Å². The fraction of sp³-hybridized carbons (Fsp3) is 1.00. The van der Waals surface area contributed by atoms with Gasteiger partial charge in [-0.05, 0) is 30.6 Å². The lowest BCUT2D eigenvalue weighted by molar-refractivity contribution is 0.173. The molecule has 1 aliphatic rings. The summed E-state index contributed by atoms with van der Waals surface area (Å²) in [7, 11) is 1.76. The molecule has 3 atom stereocenters. The lowest BCUT2D eigenvalue weighted by atomic mass is 9.71. The van der Waals surface area contributed by atoms with Gasteiger partial charge in [0.05, 0.1) is 6.61 Å². The van der Waals surface area contributed by atoms with Gasteiger partial charge in [0.15, 0.2) is 0 Å². The Kier molecular flexibility index (Phi) is 5.62. The predicted octanol–water partition coefficient (Wildman–Crippen LogP) is 2.91. The Balaban J connectivity index is 2.42. The van der Waals surface area contributed by atoms with Crippen LogP contribution in [0, 0.1) is 11.3 Å². The van der Waals surface area contributed by atoms with Crippen molar-refractivity contribution >= 4 is 11.8 Å². The second-order valence-electron chi connectivity index (χ2n) is 5.94. The van der Waals surface area contributed by atoms with E-state index < -0.39 is 0 Å². The summed E-state index contributed by atoms with van der Waals surface area (Å²) in [5, 5.41) is 0.633. The number of thioether (sulfide) groups is 1. The van der Waals surface area contributed by atoms with Gasteiger partial charge in [-0.25, -0.2) is 0 Å². The van der Waals surface area contributed by atoms with Crippen LogP contribution in [0.2, 0.25) is 0 Å². The summed E-state index contributed by atoms with van der Waals surface area (Å²) in [4.78, 5) is 0. The van der Waals surface area contributed by atoms with Gasteiger partial charge in [-0.3, -0.25) is 0 Å². The van der Waals surface area contributed by atoms with Crippen LogP contribution in [0.4, 0.5) is 0 Å². The van der Waals surface area contributed by atoms with E-state index in [4.69, 9.17) is 10.5 Å². The molecule has 1 aliphatic carbocycles. The van der Waals surface area contributed by atoms with Gasteiger partial charge in [0.25, 0.3) is 0 Å². The molecule has 2 N–H and O–H groups in total.